The number of nitriles is 1. The Hall–Kier alpha value is -2.86. The smallest absolute Gasteiger partial charge is 0.195 e. The number of aromatic nitrogens is 1. The van der Waals surface area contributed by atoms with Crippen LogP contribution in [0, 0.1) is 18.3 Å². The van der Waals surface area contributed by atoms with E-state index in [0.29, 0.717) is 16.7 Å². The van der Waals surface area contributed by atoms with E-state index < -0.39 is 0 Å². The molecule has 1 aromatic heterocycles. The maximum absolute atomic E-state index is 12.5. The summed E-state index contributed by atoms with van der Waals surface area (Å²) in [6, 6.07) is 14.9. The molecule has 1 N–H and O–H groups in total. The molecule has 3 nitrogen and oxygen atoms in total. The molecule has 0 amide bonds. The van der Waals surface area contributed by atoms with Gasteiger partial charge in [-0.05, 0) is 25.1 Å². The molecule has 2 aromatic carbocycles. The van der Waals surface area contributed by atoms with Crippen LogP contribution in [0.5, 0.6) is 0 Å². The minimum Gasteiger partial charge on any atom is -0.360 e. The van der Waals surface area contributed by atoms with Gasteiger partial charge in [0.05, 0.1) is 11.6 Å². The van der Waals surface area contributed by atoms with Gasteiger partial charge < -0.3 is 4.98 Å². The lowest BCUT2D eigenvalue weighted by Gasteiger charge is -2.01. The Bertz CT molecular complexity index is 853. The van der Waals surface area contributed by atoms with Crippen molar-refractivity contribution in [3.05, 3.63) is 70.9 Å². The maximum Gasteiger partial charge on any atom is 0.195 e. The number of aryl methyl sites for hydroxylation is 1. The van der Waals surface area contributed by atoms with E-state index in [-0.39, 0.29) is 5.78 Å². The number of carbonyl (C=O) groups is 1. The van der Waals surface area contributed by atoms with Gasteiger partial charge in [-0.15, -0.1) is 0 Å². The van der Waals surface area contributed by atoms with Gasteiger partial charge in [0.2, 0.25) is 0 Å². The molecule has 3 rings (SSSR count). The second kappa shape index (κ2) is 4.67. The zero-order valence-corrected chi connectivity index (χ0v) is 11.0. The van der Waals surface area contributed by atoms with E-state index in [4.69, 9.17) is 5.26 Å². The van der Waals surface area contributed by atoms with Crippen LogP contribution in [-0.2, 0) is 0 Å². The summed E-state index contributed by atoms with van der Waals surface area (Å²) in [6.45, 7) is 1.96. The van der Waals surface area contributed by atoms with Gasteiger partial charge in [0, 0.05) is 28.2 Å². The lowest BCUT2D eigenvalue weighted by molar-refractivity contribution is 0.104. The first-order valence-corrected chi connectivity index (χ1v) is 6.31. The molecule has 0 spiro atoms. The molecule has 0 fully saturated rings. The molecular weight excluding hydrogens is 248 g/mol. The molecule has 0 saturated heterocycles. The second-order valence-corrected chi connectivity index (χ2v) is 4.77. The Morgan fingerprint density at radius 1 is 1.20 bits per heavy atom. The molecular formula is C17H12N2O. The van der Waals surface area contributed by atoms with Crippen LogP contribution in [0.15, 0.2) is 48.7 Å². The van der Waals surface area contributed by atoms with E-state index >= 15 is 0 Å². The fraction of sp³-hybridized carbons (Fsp3) is 0.0588. The van der Waals surface area contributed by atoms with Crippen molar-refractivity contribution in [2.24, 2.45) is 0 Å². The van der Waals surface area contributed by atoms with Gasteiger partial charge in [-0.3, -0.25) is 4.79 Å². The summed E-state index contributed by atoms with van der Waals surface area (Å²) in [6.07, 6.45) is 1.70. The predicted octanol–water partition coefficient (Wildman–Crippen LogP) is 3.58. The monoisotopic (exact) mass is 260 g/mol. The largest absolute Gasteiger partial charge is 0.360 e. The molecule has 96 valence electrons. The van der Waals surface area contributed by atoms with Gasteiger partial charge in [-0.25, -0.2) is 0 Å². The van der Waals surface area contributed by atoms with Crippen LogP contribution in [0.2, 0.25) is 0 Å². The van der Waals surface area contributed by atoms with Crippen molar-refractivity contribution in [2.45, 2.75) is 6.92 Å². The molecule has 1 heterocycles. The van der Waals surface area contributed by atoms with Crippen molar-refractivity contribution in [3.8, 4) is 6.07 Å². The first kappa shape index (κ1) is 12.2. The van der Waals surface area contributed by atoms with E-state index in [1.54, 1.807) is 18.3 Å². The van der Waals surface area contributed by atoms with Crippen molar-refractivity contribution in [1.82, 2.24) is 4.98 Å². The number of carbonyl (C=O) groups excluding carboxylic acids is 1. The van der Waals surface area contributed by atoms with Gasteiger partial charge in [0.15, 0.2) is 5.78 Å². The summed E-state index contributed by atoms with van der Waals surface area (Å²) in [7, 11) is 0. The van der Waals surface area contributed by atoms with Gasteiger partial charge in [0.25, 0.3) is 0 Å². The van der Waals surface area contributed by atoms with Crippen molar-refractivity contribution in [2.75, 3.05) is 0 Å². The number of fused-ring (bicyclic) bond motifs is 1. The number of nitrogens with zero attached hydrogens (tertiary/aromatic N) is 1. The number of rotatable bonds is 2. The summed E-state index contributed by atoms with van der Waals surface area (Å²) in [5.74, 6) is -0.00958. The number of benzene rings is 2. The summed E-state index contributed by atoms with van der Waals surface area (Å²) in [5, 5.41) is 9.73. The van der Waals surface area contributed by atoms with Crippen LogP contribution in [-0.4, -0.2) is 10.8 Å². The van der Waals surface area contributed by atoms with Crippen molar-refractivity contribution < 1.29 is 4.79 Å². The Morgan fingerprint density at radius 2 is 2.05 bits per heavy atom. The number of nitrogens with one attached hydrogen (secondary N) is 1. The quantitative estimate of drug-likeness (QED) is 0.716. The Kier molecular flexibility index (Phi) is 2.85. The molecule has 3 aromatic rings. The van der Waals surface area contributed by atoms with Crippen molar-refractivity contribution >= 4 is 16.7 Å². The molecule has 0 bridgehead atoms. The highest BCUT2D eigenvalue weighted by Crippen LogP contribution is 2.22. The average Bonchev–Trinajstić information content (AvgIpc) is 2.89. The molecule has 0 atom stereocenters. The fourth-order valence-corrected chi connectivity index (χ4v) is 2.33. The van der Waals surface area contributed by atoms with E-state index in [1.807, 2.05) is 37.3 Å². The van der Waals surface area contributed by atoms with Crippen LogP contribution >= 0.6 is 0 Å². The molecule has 0 saturated carbocycles. The highest BCUT2D eigenvalue weighted by molar-refractivity contribution is 6.16. The minimum absolute atomic E-state index is 0.00958. The van der Waals surface area contributed by atoms with E-state index in [9.17, 15) is 4.79 Å². The minimum atomic E-state index is -0.00958. The summed E-state index contributed by atoms with van der Waals surface area (Å²) < 4.78 is 0. The number of hydrogen-bond acceptors (Lipinski definition) is 2. The van der Waals surface area contributed by atoms with E-state index in [2.05, 4.69) is 11.1 Å². The Labute approximate surface area is 116 Å². The Morgan fingerprint density at radius 3 is 2.80 bits per heavy atom. The van der Waals surface area contributed by atoms with Gasteiger partial charge in [-0.1, -0.05) is 29.8 Å². The first-order chi connectivity index (χ1) is 9.69. The number of aromatic amines is 1. The van der Waals surface area contributed by atoms with Gasteiger partial charge >= 0.3 is 0 Å². The highest BCUT2D eigenvalue weighted by atomic mass is 16.1. The zero-order valence-electron chi connectivity index (χ0n) is 11.0. The van der Waals surface area contributed by atoms with Gasteiger partial charge in [0.1, 0.15) is 0 Å². The third-order valence-corrected chi connectivity index (χ3v) is 3.34. The second-order valence-electron chi connectivity index (χ2n) is 4.77. The van der Waals surface area contributed by atoms with Crippen LogP contribution < -0.4 is 0 Å². The standard InChI is InChI=1S/C17H12N2O/c1-11-3-2-4-13(7-11)17(20)15-10-19-16-8-12(9-18)5-6-14(15)16/h2-8,10,19H,1H3. The molecule has 0 unspecified atom stereocenters. The van der Waals surface area contributed by atoms with Crippen molar-refractivity contribution in [1.29, 1.82) is 5.26 Å². The molecule has 3 heteroatoms. The highest BCUT2D eigenvalue weighted by Gasteiger charge is 2.14. The summed E-state index contributed by atoms with van der Waals surface area (Å²) in [4.78, 5) is 15.6. The van der Waals surface area contributed by atoms with Crippen molar-refractivity contribution in [3.63, 3.8) is 0 Å². The maximum atomic E-state index is 12.5. The molecule has 0 aliphatic heterocycles. The third-order valence-electron chi connectivity index (χ3n) is 3.34. The molecule has 0 radical (unpaired) electrons. The number of hydrogen-bond donors (Lipinski definition) is 1. The van der Waals surface area contributed by atoms with Gasteiger partial charge in [-0.2, -0.15) is 5.26 Å². The van der Waals surface area contributed by atoms with Crippen LogP contribution in [0.1, 0.15) is 27.0 Å². The summed E-state index contributed by atoms with van der Waals surface area (Å²) in [5.41, 5.74) is 3.75. The van der Waals surface area contributed by atoms with E-state index in [0.717, 1.165) is 16.5 Å². The van der Waals surface area contributed by atoms with Crippen LogP contribution in [0.25, 0.3) is 10.9 Å². The first-order valence-electron chi connectivity index (χ1n) is 6.31. The number of H-pyrrole nitrogens is 1. The number of ketones is 1. The zero-order chi connectivity index (χ0) is 14.1. The fourth-order valence-electron chi connectivity index (χ4n) is 2.33. The third kappa shape index (κ3) is 1.98. The van der Waals surface area contributed by atoms with Crippen LogP contribution in [0.4, 0.5) is 0 Å². The molecule has 0 aliphatic carbocycles. The topological polar surface area (TPSA) is 56.6 Å². The SMILES string of the molecule is Cc1cccc(C(=O)c2c[nH]c3cc(C#N)ccc23)c1. The summed E-state index contributed by atoms with van der Waals surface area (Å²) >= 11 is 0. The molecule has 0 aliphatic rings. The van der Waals surface area contributed by atoms with E-state index in [1.165, 1.54) is 0 Å². The average molecular weight is 260 g/mol. The Balaban J connectivity index is 2.11. The van der Waals surface area contributed by atoms with Crippen LogP contribution in [0.3, 0.4) is 0 Å². The lowest BCUT2D eigenvalue weighted by Crippen LogP contribution is -2.00. The predicted molar refractivity (Wildman–Crippen MR) is 77.6 cm³/mol. The molecule has 20 heavy (non-hydrogen) atoms. The normalized spacial score (nSPS) is 10.4. The lowest BCUT2D eigenvalue weighted by atomic mass is 10.0.